The summed E-state index contributed by atoms with van der Waals surface area (Å²) in [6, 6.07) is -0.0875. The van der Waals surface area contributed by atoms with Crippen molar-refractivity contribution < 1.29 is 14.1 Å². The zero-order valence-electron chi connectivity index (χ0n) is 12.7. The average Bonchev–Trinajstić information content (AvgIpc) is 3.18. The molecule has 3 rings (SSSR count). The second-order valence-corrected chi connectivity index (χ2v) is 6.19. The van der Waals surface area contributed by atoms with Crippen LogP contribution in [0.2, 0.25) is 0 Å². The lowest BCUT2D eigenvalue weighted by atomic mass is 10.0. The van der Waals surface area contributed by atoms with E-state index in [4.69, 9.17) is 9.26 Å². The molecular formula is C15H23N3O3. The van der Waals surface area contributed by atoms with E-state index in [-0.39, 0.29) is 24.0 Å². The van der Waals surface area contributed by atoms with Crippen LogP contribution in [0, 0.1) is 0 Å². The number of aromatic nitrogens is 2. The first-order valence-electron chi connectivity index (χ1n) is 7.92. The van der Waals surface area contributed by atoms with E-state index in [0.29, 0.717) is 18.3 Å². The van der Waals surface area contributed by atoms with E-state index >= 15 is 0 Å². The van der Waals surface area contributed by atoms with Gasteiger partial charge in [0, 0.05) is 19.1 Å². The van der Waals surface area contributed by atoms with Crippen molar-refractivity contribution in [1.29, 1.82) is 0 Å². The molecule has 0 unspecified atom stereocenters. The normalized spacial score (nSPS) is 26.5. The number of amides is 1. The van der Waals surface area contributed by atoms with Crippen LogP contribution in [-0.4, -0.2) is 40.2 Å². The summed E-state index contributed by atoms with van der Waals surface area (Å²) in [6.45, 7) is 5.51. The summed E-state index contributed by atoms with van der Waals surface area (Å²) in [5.74, 6) is 1.60. The molecule has 1 amide bonds. The highest BCUT2D eigenvalue weighted by molar-refractivity contribution is 5.81. The lowest BCUT2D eigenvalue weighted by Gasteiger charge is -2.34. The summed E-state index contributed by atoms with van der Waals surface area (Å²) < 4.78 is 11.0. The van der Waals surface area contributed by atoms with Gasteiger partial charge >= 0.3 is 0 Å². The number of ether oxygens (including phenoxy) is 1. The Morgan fingerprint density at radius 1 is 1.29 bits per heavy atom. The number of likely N-dealkylation sites (tertiary alicyclic amines) is 1. The average molecular weight is 293 g/mol. The van der Waals surface area contributed by atoms with Gasteiger partial charge in [0.1, 0.15) is 12.1 Å². The third-order valence-electron chi connectivity index (χ3n) is 4.25. The number of carbonyl (C=O) groups excluding carboxylic acids is 1. The highest BCUT2D eigenvalue weighted by Crippen LogP contribution is 2.32. The minimum Gasteiger partial charge on any atom is -0.368 e. The smallest absolute Gasteiger partial charge is 0.252 e. The molecule has 2 fully saturated rings. The highest BCUT2D eigenvalue weighted by atomic mass is 16.5. The van der Waals surface area contributed by atoms with Crippen LogP contribution in [0.4, 0.5) is 0 Å². The van der Waals surface area contributed by atoms with Gasteiger partial charge in [-0.15, -0.1) is 0 Å². The first-order valence-corrected chi connectivity index (χ1v) is 7.92. The zero-order chi connectivity index (χ0) is 14.8. The molecule has 0 N–H and O–H groups in total. The molecule has 1 aromatic rings. The van der Waals surface area contributed by atoms with E-state index in [1.54, 1.807) is 0 Å². The molecule has 6 heteroatoms. The molecule has 116 valence electrons. The van der Waals surface area contributed by atoms with Crippen LogP contribution in [0.1, 0.15) is 69.6 Å². The molecule has 3 heterocycles. The number of piperidine rings is 1. The van der Waals surface area contributed by atoms with Gasteiger partial charge in [0.25, 0.3) is 5.91 Å². The molecular weight excluding hydrogens is 270 g/mol. The van der Waals surface area contributed by atoms with Crippen molar-refractivity contribution >= 4 is 5.91 Å². The number of carbonyl (C=O) groups is 1. The van der Waals surface area contributed by atoms with E-state index < -0.39 is 0 Å². The van der Waals surface area contributed by atoms with E-state index in [1.165, 1.54) is 0 Å². The molecule has 1 aromatic heterocycles. The van der Waals surface area contributed by atoms with Gasteiger partial charge in [0.2, 0.25) is 5.89 Å². The second kappa shape index (κ2) is 6.13. The zero-order valence-corrected chi connectivity index (χ0v) is 12.7. The molecule has 2 aliphatic rings. The third kappa shape index (κ3) is 2.95. The molecule has 2 atom stereocenters. The van der Waals surface area contributed by atoms with Crippen molar-refractivity contribution in [2.45, 2.75) is 64.0 Å². The Labute approximate surface area is 124 Å². The summed E-state index contributed by atoms with van der Waals surface area (Å²) in [7, 11) is 0. The lowest BCUT2D eigenvalue weighted by molar-refractivity contribution is -0.145. The van der Waals surface area contributed by atoms with Gasteiger partial charge in [-0.2, -0.15) is 4.98 Å². The van der Waals surface area contributed by atoms with Crippen molar-refractivity contribution in [3.63, 3.8) is 0 Å². The van der Waals surface area contributed by atoms with Crippen LogP contribution in [0.15, 0.2) is 4.52 Å². The number of hydrogen-bond donors (Lipinski definition) is 0. The van der Waals surface area contributed by atoms with Gasteiger partial charge < -0.3 is 14.2 Å². The second-order valence-electron chi connectivity index (χ2n) is 6.19. The third-order valence-corrected chi connectivity index (χ3v) is 4.25. The maximum atomic E-state index is 12.6. The minimum absolute atomic E-state index is 0.0847. The van der Waals surface area contributed by atoms with Gasteiger partial charge in [0.05, 0.1) is 0 Å². The van der Waals surface area contributed by atoms with Crippen LogP contribution >= 0.6 is 0 Å². The molecule has 0 spiro atoms. The lowest BCUT2D eigenvalue weighted by Crippen LogP contribution is -2.44. The fourth-order valence-corrected chi connectivity index (χ4v) is 3.03. The van der Waals surface area contributed by atoms with Crippen LogP contribution < -0.4 is 0 Å². The summed E-state index contributed by atoms with van der Waals surface area (Å²) in [5.41, 5.74) is 0. The van der Waals surface area contributed by atoms with Crippen molar-refractivity contribution in [2.24, 2.45) is 0 Å². The Balaban J connectivity index is 1.78. The van der Waals surface area contributed by atoms with Gasteiger partial charge in [-0.1, -0.05) is 19.0 Å². The first kappa shape index (κ1) is 14.5. The minimum atomic E-state index is -0.280. The summed E-state index contributed by atoms with van der Waals surface area (Å²) >= 11 is 0. The number of hydrogen-bond acceptors (Lipinski definition) is 5. The predicted octanol–water partition coefficient (Wildman–Crippen LogP) is 2.43. The monoisotopic (exact) mass is 293 g/mol. The molecule has 0 saturated carbocycles. The quantitative estimate of drug-likeness (QED) is 0.856. The Morgan fingerprint density at radius 3 is 2.81 bits per heavy atom. The number of rotatable bonds is 3. The Morgan fingerprint density at radius 2 is 2.14 bits per heavy atom. The highest BCUT2D eigenvalue weighted by Gasteiger charge is 2.37. The predicted molar refractivity (Wildman–Crippen MR) is 75.7 cm³/mol. The largest absolute Gasteiger partial charge is 0.368 e. The van der Waals surface area contributed by atoms with E-state index in [1.807, 2.05) is 18.7 Å². The molecule has 0 bridgehead atoms. The molecule has 0 radical (unpaired) electrons. The van der Waals surface area contributed by atoms with Crippen molar-refractivity contribution in [3.8, 4) is 0 Å². The van der Waals surface area contributed by atoms with Crippen LogP contribution in [0.3, 0.4) is 0 Å². The fraction of sp³-hybridized carbons (Fsp3) is 0.800. The van der Waals surface area contributed by atoms with E-state index in [2.05, 4.69) is 10.1 Å². The Hall–Kier alpha value is -1.43. The van der Waals surface area contributed by atoms with Crippen LogP contribution in [0.25, 0.3) is 0 Å². The Bertz CT molecular complexity index is 494. The van der Waals surface area contributed by atoms with Gasteiger partial charge in [-0.25, -0.2) is 0 Å². The Kier molecular flexibility index (Phi) is 4.24. The fourth-order valence-electron chi connectivity index (χ4n) is 3.03. The topological polar surface area (TPSA) is 68.5 Å². The van der Waals surface area contributed by atoms with Crippen molar-refractivity contribution in [3.05, 3.63) is 11.7 Å². The molecule has 21 heavy (non-hydrogen) atoms. The SMILES string of the molecule is CC(C)c1noc([C@H]2CCCCN2C(=O)[C@H]2CCCO2)n1. The number of nitrogens with zero attached hydrogens (tertiary/aromatic N) is 3. The molecule has 2 saturated heterocycles. The molecule has 6 nitrogen and oxygen atoms in total. The van der Waals surface area contributed by atoms with Crippen LogP contribution in [0.5, 0.6) is 0 Å². The van der Waals surface area contributed by atoms with Crippen LogP contribution in [-0.2, 0) is 9.53 Å². The summed E-state index contributed by atoms with van der Waals surface area (Å²) in [6.07, 6.45) is 4.51. The standard InChI is InChI=1S/C15H23N3O3/c1-10(2)13-16-14(21-17-13)11-6-3-4-8-18(11)15(19)12-7-5-9-20-12/h10-12H,3-9H2,1-2H3/t11-,12-/m1/s1. The maximum absolute atomic E-state index is 12.6. The molecule has 2 aliphatic heterocycles. The van der Waals surface area contributed by atoms with Crippen molar-refractivity contribution in [1.82, 2.24) is 15.0 Å². The van der Waals surface area contributed by atoms with E-state index in [0.717, 1.165) is 38.6 Å². The molecule has 0 aliphatic carbocycles. The first-order chi connectivity index (χ1) is 10.2. The summed E-state index contributed by atoms with van der Waals surface area (Å²) in [4.78, 5) is 19.0. The van der Waals surface area contributed by atoms with Crippen molar-refractivity contribution in [2.75, 3.05) is 13.2 Å². The van der Waals surface area contributed by atoms with Gasteiger partial charge in [-0.3, -0.25) is 4.79 Å². The van der Waals surface area contributed by atoms with Gasteiger partial charge in [-0.05, 0) is 32.1 Å². The molecule has 0 aromatic carbocycles. The van der Waals surface area contributed by atoms with E-state index in [9.17, 15) is 4.79 Å². The maximum Gasteiger partial charge on any atom is 0.252 e. The summed E-state index contributed by atoms with van der Waals surface area (Å²) in [5, 5.41) is 4.03. The van der Waals surface area contributed by atoms with Gasteiger partial charge in [0.15, 0.2) is 5.82 Å².